The molecule has 158 valence electrons. The highest BCUT2D eigenvalue weighted by Crippen LogP contribution is 2.40. The van der Waals surface area contributed by atoms with Gasteiger partial charge >= 0.3 is 0 Å². The van der Waals surface area contributed by atoms with Crippen LogP contribution in [-0.4, -0.2) is 37.4 Å². The zero-order valence-corrected chi connectivity index (χ0v) is 17.7. The molecule has 30 heavy (non-hydrogen) atoms. The molecule has 3 aromatic rings. The third kappa shape index (κ3) is 4.71. The molecule has 0 saturated carbocycles. The van der Waals surface area contributed by atoms with Crippen LogP contribution in [-0.2, 0) is 11.2 Å². The molecule has 2 aromatic carbocycles. The van der Waals surface area contributed by atoms with Crippen molar-refractivity contribution in [2.45, 2.75) is 26.7 Å². The molecule has 0 aliphatic heterocycles. The fourth-order valence-electron chi connectivity index (χ4n) is 2.95. The molecule has 1 amide bonds. The first-order chi connectivity index (χ1) is 14.4. The molecule has 0 bridgehead atoms. The number of ether oxygens (including phenoxy) is 3. The fraction of sp³-hybridized carbons (Fsp3) is 0.318. The second-order valence-corrected chi connectivity index (χ2v) is 6.77. The van der Waals surface area contributed by atoms with Gasteiger partial charge in [0.15, 0.2) is 11.5 Å². The number of rotatable bonds is 8. The summed E-state index contributed by atoms with van der Waals surface area (Å²) >= 11 is 0. The largest absolute Gasteiger partial charge is 0.493 e. The molecule has 0 atom stereocenters. The van der Waals surface area contributed by atoms with Crippen molar-refractivity contribution in [1.82, 2.24) is 10.1 Å². The molecule has 8 heteroatoms. The van der Waals surface area contributed by atoms with E-state index in [0.29, 0.717) is 40.9 Å². The van der Waals surface area contributed by atoms with E-state index in [9.17, 15) is 4.79 Å². The highest BCUT2D eigenvalue weighted by atomic mass is 16.5. The fourth-order valence-corrected chi connectivity index (χ4v) is 2.95. The zero-order chi connectivity index (χ0) is 21.7. The van der Waals surface area contributed by atoms with Crippen molar-refractivity contribution in [3.05, 3.63) is 47.3 Å². The van der Waals surface area contributed by atoms with Gasteiger partial charge in [0, 0.05) is 24.1 Å². The Morgan fingerprint density at radius 2 is 1.70 bits per heavy atom. The molecule has 1 aromatic heterocycles. The van der Waals surface area contributed by atoms with E-state index in [4.69, 9.17) is 18.7 Å². The number of aromatic nitrogens is 2. The first-order valence-corrected chi connectivity index (χ1v) is 9.45. The van der Waals surface area contributed by atoms with E-state index in [1.54, 1.807) is 12.1 Å². The Hall–Kier alpha value is -3.55. The monoisotopic (exact) mass is 411 g/mol. The van der Waals surface area contributed by atoms with Crippen LogP contribution in [0.25, 0.3) is 11.4 Å². The molecule has 3 rings (SSSR count). The summed E-state index contributed by atoms with van der Waals surface area (Å²) in [6, 6.07) is 9.29. The number of nitrogens with one attached hydrogen (secondary N) is 1. The van der Waals surface area contributed by atoms with Crippen molar-refractivity contribution < 1.29 is 23.5 Å². The summed E-state index contributed by atoms with van der Waals surface area (Å²) < 4.78 is 21.3. The highest BCUT2D eigenvalue weighted by molar-refractivity contribution is 5.90. The molecule has 0 radical (unpaired) electrons. The van der Waals surface area contributed by atoms with Gasteiger partial charge in [0.25, 0.3) is 0 Å². The van der Waals surface area contributed by atoms with Gasteiger partial charge in [0.2, 0.25) is 23.4 Å². The van der Waals surface area contributed by atoms with Gasteiger partial charge in [0.05, 0.1) is 21.3 Å². The molecule has 0 spiro atoms. The summed E-state index contributed by atoms with van der Waals surface area (Å²) in [5.41, 5.74) is 3.73. The summed E-state index contributed by atoms with van der Waals surface area (Å²) in [4.78, 5) is 16.6. The Bertz CT molecular complexity index is 1020. The number of carbonyl (C=O) groups is 1. The minimum Gasteiger partial charge on any atom is -0.493 e. The molecule has 0 unspecified atom stereocenters. The van der Waals surface area contributed by atoms with Crippen molar-refractivity contribution in [2.75, 3.05) is 26.6 Å². The minimum absolute atomic E-state index is 0.120. The predicted molar refractivity (Wildman–Crippen MR) is 112 cm³/mol. The maximum absolute atomic E-state index is 12.2. The maximum atomic E-state index is 12.2. The van der Waals surface area contributed by atoms with Crippen molar-refractivity contribution in [2.24, 2.45) is 0 Å². The molecular formula is C22H25N3O5. The van der Waals surface area contributed by atoms with E-state index >= 15 is 0 Å². The number of nitrogens with zero attached hydrogens (tertiary/aromatic N) is 2. The van der Waals surface area contributed by atoms with Crippen molar-refractivity contribution >= 4 is 11.6 Å². The maximum Gasteiger partial charge on any atom is 0.227 e. The van der Waals surface area contributed by atoms with Gasteiger partial charge in [-0.3, -0.25) is 4.79 Å². The molecule has 8 nitrogen and oxygen atoms in total. The van der Waals surface area contributed by atoms with Crippen LogP contribution in [0.15, 0.2) is 34.9 Å². The lowest BCUT2D eigenvalue weighted by Gasteiger charge is -2.12. The number of methoxy groups -OCH3 is 3. The minimum atomic E-state index is -0.120. The van der Waals surface area contributed by atoms with Gasteiger partial charge in [-0.25, -0.2) is 0 Å². The van der Waals surface area contributed by atoms with Crippen LogP contribution >= 0.6 is 0 Å². The first kappa shape index (κ1) is 21.2. The Morgan fingerprint density at radius 1 is 1.00 bits per heavy atom. The van der Waals surface area contributed by atoms with E-state index < -0.39 is 0 Å². The molecule has 0 aliphatic rings. The summed E-state index contributed by atoms with van der Waals surface area (Å²) in [6.07, 6.45) is 0.553. The van der Waals surface area contributed by atoms with E-state index in [1.165, 1.54) is 26.9 Å². The number of anilines is 1. The standard InChI is InChI=1S/C22H25N3O5/c1-13-6-7-16(10-14(13)2)23-19(26)8-9-20-24-22(25-30-20)15-11-17(27-3)21(29-5)18(12-15)28-4/h6-7,10-12H,8-9H2,1-5H3,(H,23,26). The van der Waals surface area contributed by atoms with Crippen LogP contribution in [0.2, 0.25) is 0 Å². The van der Waals surface area contributed by atoms with Crippen LogP contribution in [0.3, 0.4) is 0 Å². The smallest absolute Gasteiger partial charge is 0.227 e. The van der Waals surface area contributed by atoms with Gasteiger partial charge in [-0.05, 0) is 49.2 Å². The zero-order valence-electron chi connectivity index (χ0n) is 17.7. The molecular weight excluding hydrogens is 386 g/mol. The van der Waals surface area contributed by atoms with E-state index in [2.05, 4.69) is 15.5 Å². The SMILES string of the molecule is COc1cc(-c2noc(CCC(=O)Nc3ccc(C)c(C)c3)n2)cc(OC)c1OC. The van der Waals surface area contributed by atoms with Gasteiger partial charge in [-0.1, -0.05) is 11.2 Å². The van der Waals surface area contributed by atoms with Crippen molar-refractivity contribution in [3.63, 3.8) is 0 Å². The second-order valence-electron chi connectivity index (χ2n) is 6.77. The number of carbonyl (C=O) groups excluding carboxylic acids is 1. The van der Waals surface area contributed by atoms with Crippen LogP contribution < -0.4 is 19.5 Å². The molecule has 1 heterocycles. The number of aryl methyl sites for hydroxylation is 3. The topological polar surface area (TPSA) is 95.7 Å². The van der Waals surface area contributed by atoms with Crippen LogP contribution in [0.4, 0.5) is 5.69 Å². The number of hydrogen-bond donors (Lipinski definition) is 1. The summed E-state index contributed by atoms with van der Waals surface area (Å²) in [5, 5.41) is 6.89. The highest BCUT2D eigenvalue weighted by Gasteiger charge is 2.17. The molecule has 1 N–H and O–H groups in total. The Kier molecular flexibility index (Phi) is 6.56. The van der Waals surface area contributed by atoms with Gasteiger partial charge in [-0.2, -0.15) is 4.98 Å². The summed E-state index contributed by atoms with van der Waals surface area (Å²) in [5.74, 6) is 2.09. The lowest BCUT2D eigenvalue weighted by molar-refractivity contribution is -0.116. The van der Waals surface area contributed by atoms with E-state index in [0.717, 1.165) is 11.3 Å². The van der Waals surface area contributed by atoms with Crippen molar-refractivity contribution in [1.29, 1.82) is 0 Å². The summed E-state index contributed by atoms with van der Waals surface area (Å²) in [6.45, 7) is 4.04. The Balaban J connectivity index is 1.68. The predicted octanol–water partition coefficient (Wildman–Crippen LogP) is 3.95. The Labute approximate surface area is 175 Å². The Morgan fingerprint density at radius 3 is 2.30 bits per heavy atom. The lowest BCUT2D eigenvalue weighted by atomic mass is 10.1. The van der Waals surface area contributed by atoms with E-state index in [1.807, 2.05) is 32.0 Å². The normalized spacial score (nSPS) is 10.6. The third-order valence-corrected chi connectivity index (χ3v) is 4.75. The molecule has 0 aliphatic carbocycles. The molecule has 0 fully saturated rings. The van der Waals surface area contributed by atoms with Gasteiger partial charge in [-0.15, -0.1) is 0 Å². The second kappa shape index (κ2) is 9.30. The third-order valence-electron chi connectivity index (χ3n) is 4.75. The number of benzene rings is 2. The van der Waals surface area contributed by atoms with Gasteiger partial charge < -0.3 is 24.1 Å². The van der Waals surface area contributed by atoms with Crippen LogP contribution in [0.5, 0.6) is 17.2 Å². The van der Waals surface area contributed by atoms with Crippen molar-refractivity contribution in [3.8, 4) is 28.6 Å². The number of amides is 1. The lowest BCUT2D eigenvalue weighted by Crippen LogP contribution is -2.12. The van der Waals surface area contributed by atoms with Gasteiger partial charge in [0.1, 0.15) is 0 Å². The summed E-state index contributed by atoms with van der Waals surface area (Å²) in [7, 11) is 4.61. The first-order valence-electron chi connectivity index (χ1n) is 9.45. The van der Waals surface area contributed by atoms with Crippen LogP contribution in [0.1, 0.15) is 23.4 Å². The molecule has 0 saturated heterocycles. The average Bonchev–Trinajstić information content (AvgIpc) is 3.23. The van der Waals surface area contributed by atoms with E-state index in [-0.39, 0.29) is 12.3 Å². The van der Waals surface area contributed by atoms with Crippen LogP contribution in [0, 0.1) is 13.8 Å². The number of hydrogen-bond acceptors (Lipinski definition) is 7. The quantitative estimate of drug-likeness (QED) is 0.599. The average molecular weight is 411 g/mol.